The molecule has 0 amide bonds. The summed E-state index contributed by atoms with van der Waals surface area (Å²) >= 11 is 15.4. The Hall–Kier alpha value is -0.770. The minimum atomic E-state index is 0.480. The number of pyridine rings is 1. The summed E-state index contributed by atoms with van der Waals surface area (Å²) in [5.41, 5.74) is 3.02. The van der Waals surface area contributed by atoms with Crippen molar-refractivity contribution in [3.63, 3.8) is 0 Å². The standard InChI is InChI=1S/C13H11BrCl2N2/c1-8-4-12(13(16)18-6-8)17-7-9-2-3-11(15)10(14)5-9/h2-6,17H,7H2,1H3. The Morgan fingerprint density at radius 1 is 1.28 bits per heavy atom. The molecule has 0 radical (unpaired) electrons. The summed E-state index contributed by atoms with van der Waals surface area (Å²) in [5, 5.41) is 4.44. The number of rotatable bonds is 3. The van der Waals surface area contributed by atoms with Crippen LogP contribution in [0.25, 0.3) is 0 Å². The van der Waals surface area contributed by atoms with Crippen LogP contribution in [0.5, 0.6) is 0 Å². The Labute approximate surface area is 124 Å². The third kappa shape index (κ3) is 3.37. The molecule has 0 aliphatic carbocycles. The third-order valence-electron chi connectivity index (χ3n) is 2.44. The van der Waals surface area contributed by atoms with Crippen LogP contribution in [0.15, 0.2) is 34.9 Å². The van der Waals surface area contributed by atoms with Gasteiger partial charge in [-0.3, -0.25) is 0 Å². The van der Waals surface area contributed by atoms with Crippen molar-refractivity contribution in [1.29, 1.82) is 0 Å². The summed E-state index contributed by atoms with van der Waals surface area (Å²) in [4.78, 5) is 4.10. The maximum Gasteiger partial charge on any atom is 0.152 e. The number of hydrogen-bond donors (Lipinski definition) is 1. The molecule has 1 aromatic carbocycles. The summed E-state index contributed by atoms with van der Waals surface area (Å²) in [5.74, 6) is 0. The van der Waals surface area contributed by atoms with Crippen molar-refractivity contribution in [2.75, 3.05) is 5.32 Å². The average Bonchev–Trinajstić information content (AvgIpc) is 2.34. The summed E-state index contributed by atoms with van der Waals surface area (Å²) in [6.45, 7) is 2.65. The Balaban J connectivity index is 2.11. The molecular weight excluding hydrogens is 335 g/mol. The molecule has 0 saturated carbocycles. The zero-order valence-electron chi connectivity index (χ0n) is 9.67. The monoisotopic (exact) mass is 344 g/mol. The number of nitrogens with one attached hydrogen (secondary N) is 1. The number of benzene rings is 1. The molecule has 2 rings (SSSR count). The fourth-order valence-corrected chi connectivity index (χ4v) is 2.24. The van der Waals surface area contributed by atoms with Gasteiger partial charge in [0.2, 0.25) is 0 Å². The molecular formula is C13H11BrCl2N2. The fraction of sp³-hybridized carbons (Fsp3) is 0.154. The van der Waals surface area contributed by atoms with Crippen molar-refractivity contribution in [2.24, 2.45) is 0 Å². The Kier molecular flexibility index (Phi) is 4.49. The van der Waals surface area contributed by atoms with E-state index in [1.165, 1.54) is 0 Å². The van der Waals surface area contributed by atoms with Crippen LogP contribution < -0.4 is 5.32 Å². The van der Waals surface area contributed by atoms with Crippen LogP contribution in [-0.4, -0.2) is 4.98 Å². The van der Waals surface area contributed by atoms with E-state index in [4.69, 9.17) is 23.2 Å². The molecule has 0 atom stereocenters. The minimum Gasteiger partial charge on any atom is -0.378 e. The van der Waals surface area contributed by atoms with E-state index in [0.717, 1.165) is 21.3 Å². The van der Waals surface area contributed by atoms with Gasteiger partial charge in [0.25, 0.3) is 0 Å². The number of nitrogens with zero attached hydrogens (tertiary/aromatic N) is 1. The van der Waals surface area contributed by atoms with Crippen LogP contribution in [0.2, 0.25) is 10.2 Å². The zero-order chi connectivity index (χ0) is 13.1. The van der Waals surface area contributed by atoms with Gasteiger partial charge in [-0.15, -0.1) is 0 Å². The first-order chi connectivity index (χ1) is 8.56. The van der Waals surface area contributed by atoms with Crippen LogP contribution in [0, 0.1) is 6.92 Å². The summed E-state index contributed by atoms with van der Waals surface area (Å²) in [6.07, 6.45) is 1.74. The molecule has 0 spiro atoms. The Morgan fingerprint density at radius 3 is 2.78 bits per heavy atom. The molecule has 1 aromatic heterocycles. The second-order valence-corrected chi connectivity index (χ2v) is 5.57. The van der Waals surface area contributed by atoms with Gasteiger partial charge >= 0.3 is 0 Å². The molecule has 18 heavy (non-hydrogen) atoms. The van der Waals surface area contributed by atoms with Crippen molar-refractivity contribution in [2.45, 2.75) is 13.5 Å². The highest BCUT2D eigenvalue weighted by Crippen LogP contribution is 2.25. The highest BCUT2D eigenvalue weighted by Gasteiger charge is 2.03. The van der Waals surface area contributed by atoms with Gasteiger partial charge < -0.3 is 5.32 Å². The van der Waals surface area contributed by atoms with E-state index in [1.54, 1.807) is 6.20 Å². The topological polar surface area (TPSA) is 24.9 Å². The van der Waals surface area contributed by atoms with Gasteiger partial charge in [0.15, 0.2) is 5.15 Å². The van der Waals surface area contributed by atoms with Crippen molar-refractivity contribution in [3.8, 4) is 0 Å². The average molecular weight is 346 g/mol. The third-order valence-corrected chi connectivity index (χ3v) is 3.96. The van der Waals surface area contributed by atoms with Gasteiger partial charge in [0, 0.05) is 17.2 Å². The largest absolute Gasteiger partial charge is 0.378 e. The van der Waals surface area contributed by atoms with E-state index in [0.29, 0.717) is 16.7 Å². The van der Waals surface area contributed by atoms with E-state index >= 15 is 0 Å². The van der Waals surface area contributed by atoms with Crippen molar-refractivity contribution in [3.05, 3.63) is 56.2 Å². The number of aromatic nitrogens is 1. The molecule has 2 nitrogen and oxygen atoms in total. The van der Waals surface area contributed by atoms with E-state index in [2.05, 4.69) is 26.2 Å². The number of halogens is 3. The van der Waals surface area contributed by atoms with E-state index in [9.17, 15) is 0 Å². The second kappa shape index (κ2) is 5.91. The quantitative estimate of drug-likeness (QED) is 0.785. The molecule has 94 valence electrons. The van der Waals surface area contributed by atoms with E-state index in [1.807, 2.05) is 31.2 Å². The van der Waals surface area contributed by atoms with Crippen LogP contribution in [0.4, 0.5) is 5.69 Å². The van der Waals surface area contributed by atoms with Gasteiger partial charge in [-0.1, -0.05) is 29.3 Å². The molecule has 0 aliphatic heterocycles. The van der Waals surface area contributed by atoms with Gasteiger partial charge in [0.05, 0.1) is 10.7 Å². The van der Waals surface area contributed by atoms with Gasteiger partial charge in [-0.2, -0.15) is 0 Å². The zero-order valence-corrected chi connectivity index (χ0v) is 12.8. The lowest BCUT2D eigenvalue weighted by atomic mass is 10.2. The van der Waals surface area contributed by atoms with Gasteiger partial charge in [-0.05, 0) is 52.2 Å². The smallest absolute Gasteiger partial charge is 0.152 e. The molecule has 1 heterocycles. The van der Waals surface area contributed by atoms with Gasteiger partial charge in [-0.25, -0.2) is 4.98 Å². The van der Waals surface area contributed by atoms with Crippen LogP contribution in [0.3, 0.4) is 0 Å². The molecule has 0 aliphatic rings. The Morgan fingerprint density at radius 2 is 2.06 bits per heavy atom. The van der Waals surface area contributed by atoms with Crippen molar-refractivity contribution in [1.82, 2.24) is 4.98 Å². The first kappa shape index (κ1) is 13.7. The summed E-state index contributed by atoms with van der Waals surface area (Å²) < 4.78 is 0.886. The SMILES string of the molecule is Cc1cnc(Cl)c(NCc2ccc(Cl)c(Br)c2)c1. The molecule has 1 N–H and O–H groups in total. The number of aryl methyl sites for hydroxylation is 1. The molecule has 0 bridgehead atoms. The maximum atomic E-state index is 6.01. The van der Waals surface area contributed by atoms with Crippen LogP contribution >= 0.6 is 39.1 Å². The summed E-state index contributed by atoms with van der Waals surface area (Å²) in [7, 11) is 0. The number of hydrogen-bond acceptors (Lipinski definition) is 2. The molecule has 0 unspecified atom stereocenters. The predicted molar refractivity (Wildman–Crippen MR) is 80.5 cm³/mol. The normalized spacial score (nSPS) is 10.4. The maximum absolute atomic E-state index is 6.01. The minimum absolute atomic E-state index is 0.480. The van der Waals surface area contributed by atoms with Gasteiger partial charge in [0.1, 0.15) is 0 Å². The molecule has 2 aromatic rings. The predicted octanol–water partition coefficient (Wildman–Crippen LogP) is 5.07. The lowest BCUT2D eigenvalue weighted by Crippen LogP contribution is -2.01. The second-order valence-electron chi connectivity index (χ2n) is 3.95. The van der Waals surface area contributed by atoms with Crippen molar-refractivity contribution < 1.29 is 0 Å². The lowest BCUT2D eigenvalue weighted by molar-refractivity contribution is 1.13. The molecule has 0 saturated heterocycles. The lowest BCUT2D eigenvalue weighted by Gasteiger charge is -2.09. The van der Waals surface area contributed by atoms with E-state index < -0.39 is 0 Å². The number of anilines is 1. The first-order valence-corrected chi connectivity index (χ1v) is 6.91. The fourth-order valence-electron chi connectivity index (χ4n) is 1.52. The van der Waals surface area contributed by atoms with Crippen LogP contribution in [-0.2, 0) is 6.54 Å². The molecule has 0 fully saturated rings. The Bertz CT molecular complexity index is 573. The highest BCUT2D eigenvalue weighted by atomic mass is 79.9. The highest BCUT2D eigenvalue weighted by molar-refractivity contribution is 9.10. The van der Waals surface area contributed by atoms with Crippen molar-refractivity contribution >= 4 is 44.8 Å². The van der Waals surface area contributed by atoms with Crippen LogP contribution in [0.1, 0.15) is 11.1 Å². The first-order valence-electron chi connectivity index (χ1n) is 5.36. The molecule has 5 heteroatoms. The van der Waals surface area contributed by atoms with E-state index in [-0.39, 0.29) is 0 Å². The summed E-state index contributed by atoms with van der Waals surface area (Å²) in [6, 6.07) is 7.78.